The lowest BCUT2D eigenvalue weighted by atomic mass is 10.1. The van der Waals surface area contributed by atoms with Gasteiger partial charge in [0.2, 0.25) is 0 Å². The van der Waals surface area contributed by atoms with Crippen molar-refractivity contribution in [2.45, 2.75) is 19.4 Å². The first kappa shape index (κ1) is 12.5. The Kier molecular flexibility index (Phi) is 3.85. The summed E-state index contributed by atoms with van der Waals surface area (Å²) in [4.78, 5) is 1.29. The van der Waals surface area contributed by atoms with E-state index in [2.05, 4.69) is 29.8 Å². The number of nitrogens with two attached hydrogens (primary N) is 1. The molecule has 0 spiro atoms. The van der Waals surface area contributed by atoms with Crippen LogP contribution in [-0.4, -0.2) is 0 Å². The lowest BCUT2D eigenvalue weighted by Gasteiger charge is -2.15. The minimum absolute atomic E-state index is 0.253. The number of anilines is 2. The summed E-state index contributed by atoms with van der Waals surface area (Å²) >= 11 is 1.73. The second-order valence-corrected chi connectivity index (χ2v) is 5.11. The summed E-state index contributed by atoms with van der Waals surface area (Å²) in [6.07, 6.45) is 0.342. The molecule has 0 aliphatic carbocycles. The van der Waals surface area contributed by atoms with Crippen molar-refractivity contribution in [3.05, 3.63) is 46.2 Å². The maximum absolute atomic E-state index is 8.74. The van der Waals surface area contributed by atoms with Gasteiger partial charge in [-0.1, -0.05) is 6.07 Å². The van der Waals surface area contributed by atoms with Gasteiger partial charge in [0, 0.05) is 16.3 Å². The molecule has 0 saturated heterocycles. The average molecular weight is 257 g/mol. The summed E-state index contributed by atoms with van der Waals surface area (Å²) in [5.74, 6) is 0. The number of hydrogen-bond acceptors (Lipinski definition) is 4. The van der Waals surface area contributed by atoms with Crippen molar-refractivity contribution in [2.24, 2.45) is 0 Å². The van der Waals surface area contributed by atoms with Gasteiger partial charge in [-0.2, -0.15) is 5.26 Å². The molecule has 3 nitrogen and oxygen atoms in total. The zero-order chi connectivity index (χ0) is 13.0. The topological polar surface area (TPSA) is 61.8 Å². The molecule has 0 aliphatic heterocycles. The van der Waals surface area contributed by atoms with Crippen LogP contribution < -0.4 is 11.1 Å². The maximum atomic E-state index is 8.74. The molecular formula is C14H15N3S. The number of nitrogens with one attached hydrogen (secondary N) is 1. The van der Waals surface area contributed by atoms with Gasteiger partial charge < -0.3 is 11.1 Å². The van der Waals surface area contributed by atoms with Crippen molar-refractivity contribution in [1.29, 1.82) is 5.26 Å². The van der Waals surface area contributed by atoms with E-state index in [1.165, 1.54) is 4.88 Å². The lowest BCUT2D eigenvalue weighted by molar-refractivity contribution is 0.907. The quantitative estimate of drug-likeness (QED) is 0.823. The van der Waals surface area contributed by atoms with Crippen molar-refractivity contribution < 1.29 is 0 Å². The molecule has 0 saturated carbocycles. The van der Waals surface area contributed by atoms with Gasteiger partial charge in [-0.15, -0.1) is 11.3 Å². The Morgan fingerprint density at radius 3 is 2.94 bits per heavy atom. The first-order valence-electron chi connectivity index (χ1n) is 5.76. The van der Waals surface area contributed by atoms with E-state index in [0.29, 0.717) is 12.1 Å². The Hall–Kier alpha value is -1.99. The van der Waals surface area contributed by atoms with E-state index >= 15 is 0 Å². The van der Waals surface area contributed by atoms with Gasteiger partial charge >= 0.3 is 0 Å². The van der Waals surface area contributed by atoms with Gasteiger partial charge in [0.15, 0.2) is 0 Å². The van der Waals surface area contributed by atoms with Gasteiger partial charge in [-0.3, -0.25) is 0 Å². The summed E-state index contributed by atoms with van der Waals surface area (Å²) in [6, 6.07) is 12.3. The van der Waals surface area contributed by atoms with Crippen LogP contribution in [0.4, 0.5) is 11.4 Å². The number of nitriles is 1. The van der Waals surface area contributed by atoms with Gasteiger partial charge in [0.1, 0.15) is 0 Å². The van der Waals surface area contributed by atoms with Crippen LogP contribution in [-0.2, 0) is 6.42 Å². The number of hydrogen-bond donors (Lipinski definition) is 2. The van der Waals surface area contributed by atoms with E-state index in [9.17, 15) is 0 Å². The van der Waals surface area contributed by atoms with Crippen molar-refractivity contribution in [3.63, 3.8) is 0 Å². The fourth-order valence-electron chi connectivity index (χ4n) is 1.79. The largest absolute Gasteiger partial charge is 0.398 e. The summed E-state index contributed by atoms with van der Waals surface area (Å²) in [5, 5.41) is 14.2. The standard InChI is InChI=1S/C14H15N3S/c1-10(14-3-2-8-18-14)17-12-4-5-13(16)11(9-12)6-7-15/h2-5,8-10,17H,6,16H2,1H3. The van der Waals surface area contributed by atoms with Crippen LogP contribution in [0.5, 0.6) is 0 Å². The molecule has 0 amide bonds. The second kappa shape index (κ2) is 5.56. The molecule has 1 atom stereocenters. The lowest BCUT2D eigenvalue weighted by Crippen LogP contribution is -2.05. The highest BCUT2D eigenvalue weighted by molar-refractivity contribution is 7.10. The molecule has 3 N–H and O–H groups in total. The van der Waals surface area contributed by atoms with Crippen LogP contribution in [0.3, 0.4) is 0 Å². The second-order valence-electron chi connectivity index (χ2n) is 4.13. The summed E-state index contributed by atoms with van der Waals surface area (Å²) < 4.78 is 0. The fourth-order valence-corrected chi connectivity index (χ4v) is 2.53. The first-order chi connectivity index (χ1) is 8.70. The van der Waals surface area contributed by atoms with Gasteiger partial charge in [0.05, 0.1) is 18.5 Å². The van der Waals surface area contributed by atoms with Crippen molar-refractivity contribution >= 4 is 22.7 Å². The van der Waals surface area contributed by atoms with Crippen molar-refractivity contribution in [3.8, 4) is 6.07 Å². The van der Waals surface area contributed by atoms with Crippen LogP contribution in [0, 0.1) is 11.3 Å². The third kappa shape index (κ3) is 2.82. The molecule has 0 aliphatic rings. The summed E-state index contributed by atoms with van der Waals surface area (Å²) in [5.41, 5.74) is 8.37. The van der Waals surface area contributed by atoms with Crippen molar-refractivity contribution in [2.75, 3.05) is 11.1 Å². The highest BCUT2D eigenvalue weighted by atomic mass is 32.1. The number of thiophene rings is 1. The van der Waals surface area contributed by atoms with E-state index in [1.54, 1.807) is 11.3 Å². The number of rotatable bonds is 4. The Morgan fingerprint density at radius 1 is 1.44 bits per heavy atom. The molecule has 1 unspecified atom stereocenters. The maximum Gasteiger partial charge on any atom is 0.0670 e. The Bertz CT molecular complexity index is 555. The molecule has 1 aromatic carbocycles. The van der Waals surface area contributed by atoms with Gasteiger partial charge in [0.25, 0.3) is 0 Å². The zero-order valence-corrected chi connectivity index (χ0v) is 11.0. The van der Waals surface area contributed by atoms with E-state index in [4.69, 9.17) is 11.0 Å². The third-order valence-electron chi connectivity index (χ3n) is 2.77. The highest BCUT2D eigenvalue weighted by Crippen LogP contribution is 2.25. The monoisotopic (exact) mass is 257 g/mol. The molecule has 0 fully saturated rings. The Morgan fingerprint density at radius 2 is 2.28 bits per heavy atom. The van der Waals surface area contributed by atoms with Crippen LogP contribution >= 0.6 is 11.3 Å². The third-order valence-corrected chi connectivity index (χ3v) is 3.82. The van der Waals surface area contributed by atoms with E-state index in [1.807, 2.05) is 24.3 Å². The highest BCUT2D eigenvalue weighted by Gasteiger charge is 2.07. The molecular weight excluding hydrogens is 242 g/mol. The Balaban J connectivity index is 2.15. The van der Waals surface area contributed by atoms with Crippen LogP contribution in [0.15, 0.2) is 35.7 Å². The Labute approximate surface area is 111 Å². The van der Waals surface area contributed by atoms with Crippen LogP contribution in [0.1, 0.15) is 23.4 Å². The number of benzene rings is 1. The summed E-state index contributed by atoms with van der Waals surface area (Å²) in [6.45, 7) is 2.12. The minimum Gasteiger partial charge on any atom is -0.398 e. The van der Waals surface area contributed by atoms with Gasteiger partial charge in [-0.25, -0.2) is 0 Å². The van der Waals surface area contributed by atoms with Crippen LogP contribution in [0.25, 0.3) is 0 Å². The zero-order valence-electron chi connectivity index (χ0n) is 10.2. The minimum atomic E-state index is 0.253. The van der Waals surface area contributed by atoms with E-state index < -0.39 is 0 Å². The number of nitrogens with zero attached hydrogens (tertiary/aromatic N) is 1. The molecule has 2 rings (SSSR count). The molecule has 1 aromatic heterocycles. The first-order valence-corrected chi connectivity index (χ1v) is 6.64. The molecule has 0 radical (unpaired) electrons. The molecule has 92 valence electrons. The van der Waals surface area contributed by atoms with Crippen molar-refractivity contribution in [1.82, 2.24) is 0 Å². The molecule has 0 bridgehead atoms. The van der Waals surface area contributed by atoms with Crippen LogP contribution in [0.2, 0.25) is 0 Å². The van der Waals surface area contributed by atoms with E-state index in [0.717, 1.165) is 11.3 Å². The smallest absolute Gasteiger partial charge is 0.0670 e. The van der Waals surface area contributed by atoms with E-state index in [-0.39, 0.29) is 6.04 Å². The number of nitrogen functional groups attached to an aromatic ring is 1. The predicted molar refractivity (Wildman–Crippen MR) is 76.5 cm³/mol. The molecule has 4 heteroatoms. The average Bonchev–Trinajstić information content (AvgIpc) is 2.87. The SMILES string of the molecule is CC(Nc1ccc(N)c(CC#N)c1)c1cccs1. The molecule has 1 heterocycles. The summed E-state index contributed by atoms with van der Waals surface area (Å²) in [7, 11) is 0. The predicted octanol–water partition coefficient (Wildman–Crippen LogP) is 3.57. The normalized spacial score (nSPS) is 11.8. The fraction of sp³-hybridized carbons (Fsp3) is 0.214. The van der Waals surface area contributed by atoms with Gasteiger partial charge in [-0.05, 0) is 42.1 Å². The molecule has 2 aromatic rings. The molecule has 18 heavy (non-hydrogen) atoms.